The molecule has 0 bridgehead atoms. The highest BCUT2D eigenvalue weighted by Crippen LogP contribution is 2.28. The van der Waals surface area contributed by atoms with Crippen LogP contribution in [0.25, 0.3) is 0 Å². The van der Waals surface area contributed by atoms with Crippen LogP contribution >= 0.6 is 34.5 Å². The van der Waals surface area contributed by atoms with Crippen LogP contribution in [0.1, 0.15) is 27.2 Å². The molecule has 1 aromatic heterocycles. The van der Waals surface area contributed by atoms with Crippen LogP contribution in [0.15, 0.2) is 18.2 Å². The van der Waals surface area contributed by atoms with Crippen molar-refractivity contribution in [2.24, 2.45) is 0 Å². The topological polar surface area (TPSA) is 33.1 Å². The van der Waals surface area contributed by atoms with E-state index in [9.17, 15) is 5.11 Å². The van der Waals surface area contributed by atoms with Gasteiger partial charge in [0.2, 0.25) is 0 Å². The minimum absolute atomic E-state index is 0.458. The summed E-state index contributed by atoms with van der Waals surface area (Å²) in [6.45, 7) is 4.00. The zero-order valence-corrected chi connectivity index (χ0v) is 12.4. The molecule has 0 saturated heterocycles. The van der Waals surface area contributed by atoms with E-state index in [-0.39, 0.29) is 0 Å². The van der Waals surface area contributed by atoms with Gasteiger partial charge in [0.05, 0.1) is 26.9 Å². The normalized spacial score (nSPS) is 12.7. The van der Waals surface area contributed by atoms with Crippen LogP contribution in [0.2, 0.25) is 10.0 Å². The smallest absolute Gasteiger partial charge is 0.0960 e. The first-order valence-electron chi connectivity index (χ1n) is 5.53. The number of aliphatic hydroxyl groups excluding tert-OH is 1. The zero-order valence-electron chi connectivity index (χ0n) is 10.1. The Kier molecular flexibility index (Phi) is 4.28. The van der Waals surface area contributed by atoms with Crippen molar-refractivity contribution in [3.8, 4) is 0 Å². The van der Waals surface area contributed by atoms with E-state index in [4.69, 9.17) is 23.2 Å². The summed E-state index contributed by atoms with van der Waals surface area (Å²) in [5, 5.41) is 12.0. The van der Waals surface area contributed by atoms with Crippen molar-refractivity contribution in [3.05, 3.63) is 49.4 Å². The summed E-state index contributed by atoms with van der Waals surface area (Å²) in [6, 6.07) is 5.18. The van der Waals surface area contributed by atoms with E-state index in [1.807, 2.05) is 13.8 Å². The zero-order chi connectivity index (χ0) is 13.3. The highest BCUT2D eigenvalue weighted by Gasteiger charge is 2.13. The van der Waals surface area contributed by atoms with Gasteiger partial charge in [0.15, 0.2) is 0 Å². The van der Waals surface area contributed by atoms with E-state index in [0.717, 1.165) is 16.3 Å². The molecule has 0 spiro atoms. The quantitative estimate of drug-likeness (QED) is 0.914. The molecule has 2 aromatic rings. The maximum atomic E-state index is 10.2. The lowest BCUT2D eigenvalue weighted by atomic mass is 10.1. The lowest BCUT2D eigenvalue weighted by Crippen LogP contribution is -2.01. The number of aromatic nitrogens is 1. The molecule has 0 aliphatic carbocycles. The molecule has 0 aliphatic rings. The van der Waals surface area contributed by atoms with Gasteiger partial charge >= 0.3 is 0 Å². The van der Waals surface area contributed by atoms with Crippen LogP contribution in [-0.2, 0) is 6.42 Å². The fourth-order valence-corrected chi connectivity index (χ4v) is 2.91. The van der Waals surface area contributed by atoms with Gasteiger partial charge in [-0.3, -0.25) is 0 Å². The molecule has 0 amide bonds. The van der Waals surface area contributed by atoms with Crippen LogP contribution in [0.4, 0.5) is 0 Å². The maximum absolute atomic E-state index is 10.2. The number of aliphatic hydroxyl groups is 1. The number of nitrogens with zero attached hydrogens (tertiary/aromatic N) is 1. The van der Waals surface area contributed by atoms with Gasteiger partial charge in [0, 0.05) is 11.3 Å². The Morgan fingerprint density at radius 2 is 2.00 bits per heavy atom. The molecular weight excluding hydrogens is 289 g/mol. The fraction of sp³-hybridized carbons (Fsp3) is 0.308. The van der Waals surface area contributed by atoms with Gasteiger partial charge < -0.3 is 5.11 Å². The molecule has 1 N–H and O–H groups in total. The minimum atomic E-state index is -0.607. The van der Waals surface area contributed by atoms with Crippen LogP contribution in [0.3, 0.4) is 0 Å². The summed E-state index contributed by atoms with van der Waals surface area (Å²) < 4.78 is 0. The third kappa shape index (κ3) is 3.04. The van der Waals surface area contributed by atoms with E-state index in [1.165, 1.54) is 4.88 Å². The molecule has 18 heavy (non-hydrogen) atoms. The molecule has 1 unspecified atom stereocenters. The molecule has 2 nitrogen and oxygen atoms in total. The maximum Gasteiger partial charge on any atom is 0.0960 e. The summed E-state index contributed by atoms with van der Waals surface area (Å²) in [7, 11) is 0. The molecule has 0 saturated carbocycles. The highest BCUT2D eigenvalue weighted by molar-refractivity contribution is 7.11. The largest absolute Gasteiger partial charge is 0.388 e. The number of rotatable bonds is 3. The molecule has 0 radical (unpaired) electrons. The lowest BCUT2D eigenvalue weighted by molar-refractivity contribution is 0.178. The van der Waals surface area contributed by atoms with Crippen molar-refractivity contribution in [3.63, 3.8) is 0 Å². The lowest BCUT2D eigenvalue weighted by Gasteiger charge is -2.10. The molecule has 1 heterocycles. The van der Waals surface area contributed by atoms with Gasteiger partial charge in [-0.1, -0.05) is 29.3 Å². The van der Waals surface area contributed by atoms with E-state index in [2.05, 4.69) is 4.98 Å². The van der Waals surface area contributed by atoms with Crippen molar-refractivity contribution in [1.29, 1.82) is 0 Å². The van der Waals surface area contributed by atoms with Crippen molar-refractivity contribution >= 4 is 34.5 Å². The SMILES string of the molecule is Cc1nc(CC(O)c2ccc(Cl)c(Cl)c2)sc1C. The Morgan fingerprint density at radius 3 is 2.56 bits per heavy atom. The van der Waals surface area contributed by atoms with E-state index in [1.54, 1.807) is 29.5 Å². The molecule has 0 aliphatic heterocycles. The predicted octanol–water partition coefficient (Wildman–Crippen LogP) is 4.34. The number of benzene rings is 1. The second-order valence-corrected chi connectivity index (χ2v) is 6.24. The first kappa shape index (κ1) is 13.8. The van der Waals surface area contributed by atoms with Crippen LogP contribution < -0.4 is 0 Å². The summed E-state index contributed by atoms with van der Waals surface area (Å²) in [5.41, 5.74) is 1.78. The second kappa shape index (κ2) is 5.57. The van der Waals surface area contributed by atoms with Crippen molar-refractivity contribution in [2.45, 2.75) is 26.4 Å². The second-order valence-electron chi connectivity index (χ2n) is 4.14. The highest BCUT2D eigenvalue weighted by atomic mass is 35.5. The molecule has 1 atom stereocenters. The van der Waals surface area contributed by atoms with E-state index in [0.29, 0.717) is 16.5 Å². The van der Waals surface area contributed by atoms with E-state index < -0.39 is 6.10 Å². The first-order chi connectivity index (χ1) is 8.47. The number of thiazole rings is 1. The number of hydrogen-bond donors (Lipinski definition) is 1. The molecule has 1 aromatic carbocycles. The van der Waals surface area contributed by atoms with Gasteiger partial charge in [-0.25, -0.2) is 4.98 Å². The minimum Gasteiger partial charge on any atom is -0.388 e. The standard InChI is InChI=1S/C13H13Cl2NOS/c1-7-8(2)18-13(16-7)6-12(17)9-3-4-10(14)11(15)5-9/h3-5,12,17H,6H2,1-2H3. The fourth-order valence-electron chi connectivity index (χ4n) is 1.63. The molecule has 5 heteroatoms. The van der Waals surface area contributed by atoms with Crippen LogP contribution in [-0.4, -0.2) is 10.1 Å². The van der Waals surface area contributed by atoms with Gasteiger partial charge in [-0.05, 0) is 31.5 Å². The molecular formula is C13H13Cl2NOS. The van der Waals surface area contributed by atoms with Gasteiger partial charge in [-0.2, -0.15) is 0 Å². The number of halogens is 2. The molecule has 96 valence electrons. The van der Waals surface area contributed by atoms with Crippen LogP contribution in [0.5, 0.6) is 0 Å². The molecule has 2 rings (SSSR count). The van der Waals surface area contributed by atoms with Gasteiger partial charge in [0.1, 0.15) is 0 Å². The Balaban J connectivity index is 2.16. The van der Waals surface area contributed by atoms with E-state index >= 15 is 0 Å². The van der Waals surface area contributed by atoms with Gasteiger partial charge in [0.25, 0.3) is 0 Å². The summed E-state index contributed by atoms with van der Waals surface area (Å²) in [4.78, 5) is 5.60. The monoisotopic (exact) mass is 301 g/mol. The average Bonchev–Trinajstić information content (AvgIpc) is 2.61. The summed E-state index contributed by atoms with van der Waals surface area (Å²) >= 11 is 13.4. The first-order valence-corrected chi connectivity index (χ1v) is 7.10. The Hall–Kier alpha value is -0.610. The van der Waals surface area contributed by atoms with Crippen molar-refractivity contribution < 1.29 is 5.11 Å². The third-order valence-corrected chi connectivity index (χ3v) is 4.60. The molecule has 0 fully saturated rings. The predicted molar refractivity (Wildman–Crippen MR) is 76.7 cm³/mol. The van der Waals surface area contributed by atoms with Crippen molar-refractivity contribution in [2.75, 3.05) is 0 Å². The summed E-state index contributed by atoms with van der Waals surface area (Å²) in [5.74, 6) is 0. The average molecular weight is 302 g/mol. The summed E-state index contributed by atoms with van der Waals surface area (Å²) in [6.07, 6.45) is -0.109. The van der Waals surface area contributed by atoms with Gasteiger partial charge in [-0.15, -0.1) is 11.3 Å². The van der Waals surface area contributed by atoms with Crippen molar-refractivity contribution in [1.82, 2.24) is 4.98 Å². The Morgan fingerprint density at radius 1 is 1.28 bits per heavy atom. The number of hydrogen-bond acceptors (Lipinski definition) is 3. The van der Waals surface area contributed by atoms with Crippen LogP contribution in [0, 0.1) is 13.8 Å². The third-order valence-electron chi connectivity index (χ3n) is 2.77. The Bertz CT molecular complexity index is 549. The number of aryl methyl sites for hydroxylation is 2. The Labute approximate surface area is 120 Å².